The fourth-order valence-electron chi connectivity index (χ4n) is 1.62. The first-order valence-electron chi connectivity index (χ1n) is 5.08. The Morgan fingerprint density at radius 2 is 2.13 bits per heavy atom. The Labute approximate surface area is 88.9 Å². The molecule has 2 rings (SSSR count). The van der Waals surface area contributed by atoms with Crippen LogP contribution in [0.15, 0.2) is 41.3 Å². The molecule has 0 amide bonds. The molecule has 0 bridgehead atoms. The number of nitrogens with zero attached hydrogens (tertiary/aromatic N) is 1. The average Bonchev–Trinajstić information content (AvgIpc) is 2.80. The summed E-state index contributed by atoms with van der Waals surface area (Å²) in [6, 6.07) is 8.19. The maximum Gasteiger partial charge on any atom is 0.181 e. The first-order valence-corrected chi connectivity index (χ1v) is 5.08. The summed E-state index contributed by atoms with van der Waals surface area (Å²) in [4.78, 5) is 3.93. The second kappa shape index (κ2) is 4.75. The maximum absolute atomic E-state index is 5.51. The van der Waals surface area contributed by atoms with Gasteiger partial charge in [0.25, 0.3) is 0 Å². The van der Waals surface area contributed by atoms with Gasteiger partial charge in [-0.05, 0) is 24.9 Å². The van der Waals surface area contributed by atoms with Crippen LogP contribution in [0.5, 0.6) is 0 Å². The number of oxazole rings is 1. The molecule has 0 spiro atoms. The molecule has 2 N–H and O–H groups in total. The van der Waals surface area contributed by atoms with Gasteiger partial charge in [0.05, 0.1) is 6.20 Å². The van der Waals surface area contributed by atoms with Gasteiger partial charge in [-0.3, -0.25) is 0 Å². The molecule has 1 aromatic heterocycles. The standard InChI is InChI=1S/C12H14N2O/c13-7-3-5-10-4-1-2-6-11(10)12-8-14-9-15-12/h1-2,4,6,8-9H,3,5,7,13H2. The van der Waals surface area contributed by atoms with Crippen molar-refractivity contribution >= 4 is 0 Å². The summed E-state index contributed by atoms with van der Waals surface area (Å²) in [6.07, 6.45) is 5.16. The molecule has 0 aliphatic heterocycles. The number of nitrogens with two attached hydrogens (primary N) is 1. The molecule has 3 nitrogen and oxygen atoms in total. The van der Waals surface area contributed by atoms with E-state index in [0.717, 1.165) is 24.2 Å². The van der Waals surface area contributed by atoms with Gasteiger partial charge < -0.3 is 10.2 Å². The minimum atomic E-state index is 0.713. The highest BCUT2D eigenvalue weighted by Crippen LogP contribution is 2.23. The number of hydrogen-bond acceptors (Lipinski definition) is 3. The minimum absolute atomic E-state index is 0.713. The van der Waals surface area contributed by atoms with E-state index in [-0.39, 0.29) is 0 Å². The first kappa shape index (κ1) is 9.93. The Morgan fingerprint density at radius 1 is 1.27 bits per heavy atom. The van der Waals surface area contributed by atoms with E-state index in [1.54, 1.807) is 6.20 Å². The molecule has 1 aromatic carbocycles. The molecule has 15 heavy (non-hydrogen) atoms. The maximum atomic E-state index is 5.51. The molecule has 0 radical (unpaired) electrons. The highest BCUT2D eigenvalue weighted by Gasteiger charge is 2.06. The van der Waals surface area contributed by atoms with Crippen molar-refractivity contribution in [2.45, 2.75) is 12.8 Å². The predicted molar refractivity (Wildman–Crippen MR) is 59.3 cm³/mol. The molecule has 0 saturated carbocycles. The number of benzene rings is 1. The third kappa shape index (κ3) is 2.25. The van der Waals surface area contributed by atoms with Crippen LogP contribution in [0.1, 0.15) is 12.0 Å². The van der Waals surface area contributed by atoms with Gasteiger partial charge in [0.1, 0.15) is 0 Å². The lowest BCUT2D eigenvalue weighted by Gasteiger charge is -2.05. The smallest absolute Gasteiger partial charge is 0.181 e. The largest absolute Gasteiger partial charge is 0.444 e. The highest BCUT2D eigenvalue weighted by molar-refractivity contribution is 5.61. The van der Waals surface area contributed by atoms with Crippen LogP contribution < -0.4 is 5.73 Å². The van der Waals surface area contributed by atoms with Crippen LogP contribution in [-0.4, -0.2) is 11.5 Å². The lowest BCUT2D eigenvalue weighted by molar-refractivity contribution is 0.571. The van der Waals surface area contributed by atoms with E-state index < -0.39 is 0 Å². The molecular weight excluding hydrogens is 188 g/mol. The van der Waals surface area contributed by atoms with Crippen LogP contribution in [0.4, 0.5) is 0 Å². The third-order valence-corrected chi connectivity index (χ3v) is 2.37. The quantitative estimate of drug-likeness (QED) is 0.827. The van der Waals surface area contributed by atoms with Gasteiger partial charge >= 0.3 is 0 Å². The monoisotopic (exact) mass is 202 g/mol. The molecule has 0 aliphatic rings. The summed E-state index contributed by atoms with van der Waals surface area (Å²) in [7, 11) is 0. The summed E-state index contributed by atoms with van der Waals surface area (Å²) < 4.78 is 5.30. The van der Waals surface area contributed by atoms with Crippen LogP contribution in [0, 0.1) is 0 Å². The van der Waals surface area contributed by atoms with Crippen LogP contribution in [-0.2, 0) is 6.42 Å². The number of rotatable bonds is 4. The van der Waals surface area contributed by atoms with Crippen molar-refractivity contribution in [1.82, 2.24) is 4.98 Å². The topological polar surface area (TPSA) is 52.0 Å². The van der Waals surface area contributed by atoms with E-state index in [4.69, 9.17) is 10.2 Å². The fraction of sp³-hybridized carbons (Fsp3) is 0.250. The van der Waals surface area contributed by atoms with Crippen molar-refractivity contribution in [2.75, 3.05) is 6.54 Å². The summed E-state index contributed by atoms with van der Waals surface area (Å²) in [5.74, 6) is 0.822. The van der Waals surface area contributed by atoms with E-state index >= 15 is 0 Å². The van der Waals surface area contributed by atoms with E-state index in [1.807, 2.05) is 18.2 Å². The van der Waals surface area contributed by atoms with Crippen LogP contribution >= 0.6 is 0 Å². The Morgan fingerprint density at radius 3 is 2.87 bits per heavy atom. The SMILES string of the molecule is NCCCc1ccccc1-c1cnco1. The minimum Gasteiger partial charge on any atom is -0.444 e. The third-order valence-electron chi connectivity index (χ3n) is 2.37. The van der Waals surface area contributed by atoms with Gasteiger partial charge in [0, 0.05) is 5.56 Å². The molecule has 3 heteroatoms. The van der Waals surface area contributed by atoms with Crippen molar-refractivity contribution in [3.05, 3.63) is 42.4 Å². The molecule has 0 atom stereocenters. The van der Waals surface area contributed by atoms with Crippen LogP contribution in [0.3, 0.4) is 0 Å². The normalized spacial score (nSPS) is 10.5. The average molecular weight is 202 g/mol. The van der Waals surface area contributed by atoms with Gasteiger partial charge in [0.2, 0.25) is 0 Å². The van der Waals surface area contributed by atoms with Crippen molar-refractivity contribution in [1.29, 1.82) is 0 Å². The van der Waals surface area contributed by atoms with Gasteiger partial charge in [0.15, 0.2) is 12.2 Å². The van der Waals surface area contributed by atoms with Crippen LogP contribution in [0.25, 0.3) is 11.3 Å². The number of hydrogen-bond donors (Lipinski definition) is 1. The zero-order valence-electron chi connectivity index (χ0n) is 8.52. The molecule has 78 valence electrons. The van der Waals surface area contributed by atoms with E-state index in [1.165, 1.54) is 12.0 Å². The Balaban J connectivity index is 2.30. The van der Waals surface area contributed by atoms with Crippen molar-refractivity contribution in [3.8, 4) is 11.3 Å². The van der Waals surface area contributed by atoms with Gasteiger partial charge in [-0.1, -0.05) is 24.3 Å². The Kier molecular flexibility index (Phi) is 3.15. The highest BCUT2D eigenvalue weighted by atomic mass is 16.3. The number of aryl methyl sites for hydroxylation is 1. The molecule has 0 aliphatic carbocycles. The van der Waals surface area contributed by atoms with Crippen molar-refractivity contribution in [3.63, 3.8) is 0 Å². The second-order valence-electron chi connectivity index (χ2n) is 3.42. The van der Waals surface area contributed by atoms with E-state index in [0.29, 0.717) is 6.54 Å². The molecule has 0 saturated heterocycles. The lowest BCUT2D eigenvalue weighted by Crippen LogP contribution is -2.01. The predicted octanol–water partition coefficient (Wildman–Crippen LogP) is 2.23. The fourth-order valence-corrected chi connectivity index (χ4v) is 1.62. The van der Waals surface area contributed by atoms with E-state index in [2.05, 4.69) is 11.1 Å². The van der Waals surface area contributed by atoms with Gasteiger partial charge in [-0.2, -0.15) is 0 Å². The van der Waals surface area contributed by atoms with Crippen molar-refractivity contribution < 1.29 is 4.42 Å². The van der Waals surface area contributed by atoms with Gasteiger partial charge in [-0.15, -0.1) is 0 Å². The molecule has 0 fully saturated rings. The zero-order chi connectivity index (χ0) is 10.5. The summed E-state index contributed by atoms with van der Waals surface area (Å²) in [5.41, 5.74) is 7.89. The summed E-state index contributed by atoms with van der Waals surface area (Å²) >= 11 is 0. The second-order valence-corrected chi connectivity index (χ2v) is 3.42. The molecule has 2 aromatic rings. The van der Waals surface area contributed by atoms with Crippen molar-refractivity contribution in [2.24, 2.45) is 5.73 Å². The van der Waals surface area contributed by atoms with Crippen LogP contribution in [0.2, 0.25) is 0 Å². The molecule has 1 heterocycles. The first-order chi connectivity index (χ1) is 7.42. The summed E-state index contributed by atoms with van der Waals surface area (Å²) in [5, 5.41) is 0. The Hall–Kier alpha value is -1.61. The zero-order valence-corrected chi connectivity index (χ0v) is 8.52. The molecular formula is C12H14N2O. The molecule has 0 unspecified atom stereocenters. The van der Waals surface area contributed by atoms with E-state index in [9.17, 15) is 0 Å². The summed E-state index contributed by atoms with van der Waals surface area (Å²) in [6.45, 7) is 0.713. The lowest BCUT2D eigenvalue weighted by atomic mass is 10.0. The van der Waals surface area contributed by atoms with Gasteiger partial charge in [-0.25, -0.2) is 4.98 Å². The number of aromatic nitrogens is 1. The Bertz CT molecular complexity index is 409.